The monoisotopic (exact) mass is 232 g/mol. The van der Waals surface area contributed by atoms with Crippen molar-refractivity contribution < 1.29 is 14.3 Å². The third kappa shape index (κ3) is 11.4. The molecule has 0 fully saturated rings. The van der Waals surface area contributed by atoms with Gasteiger partial charge in [-0.3, -0.25) is 4.79 Å². The van der Waals surface area contributed by atoms with Gasteiger partial charge in [0.25, 0.3) is 0 Å². The van der Waals surface area contributed by atoms with Crippen LogP contribution in [0.15, 0.2) is 0 Å². The number of amides is 1. The van der Waals surface area contributed by atoms with Crippen molar-refractivity contribution in [2.45, 2.75) is 19.8 Å². The van der Waals surface area contributed by atoms with Crippen LogP contribution in [0.3, 0.4) is 0 Å². The third-order valence-electron chi connectivity index (χ3n) is 1.95. The maximum absolute atomic E-state index is 11.2. The van der Waals surface area contributed by atoms with Crippen LogP contribution in [0.5, 0.6) is 0 Å². The molecule has 0 aliphatic carbocycles. The van der Waals surface area contributed by atoms with Crippen molar-refractivity contribution in [2.24, 2.45) is 0 Å². The van der Waals surface area contributed by atoms with E-state index < -0.39 is 0 Å². The van der Waals surface area contributed by atoms with Crippen LogP contribution in [0.1, 0.15) is 19.8 Å². The first-order valence-electron chi connectivity index (χ1n) is 5.88. The number of hydrogen-bond donors (Lipinski definition) is 2. The molecule has 0 radical (unpaired) electrons. The lowest BCUT2D eigenvalue weighted by molar-refractivity contribution is -0.126. The van der Waals surface area contributed by atoms with Gasteiger partial charge in [0.05, 0.1) is 19.8 Å². The zero-order chi connectivity index (χ0) is 12.1. The van der Waals surface area contributed by atoms with E-state index in [1.54, 1.807) is 0 Å². The highest BCUT2D eigenvalue weighted by Gasteiger charge is 1.99. The molecule has 5 nitrogen and oxygen atoms in total. The van der Waals surface area contributed by atoms with Crippen molar-refractivity contribution >= 4 is 5.91 Å². The van der Waals surface area contributed by atoms with Gasteiger partial charge in [-0.25, -0.2) is 0 Å². The van der Waals surface area contributed by atoms with E-state index in [0.29, 0.717) is 19.8 Å². The van der Waals surface area contributed by atoms with Gasteiger partial charge >= 0.3 is 0 Å². The molecule has 96 valence electrons. The lowest BCUT2D eigenvalue weighted by atomic mass is 10.3. The maximum atomic E-state index is 11.2. The Morgan fingerprint density at radius 3 is 2.56 bits per heavy atom. The third-order valence-corrected chi connectivity index (χ3v) is 1.95. The lowest BCUT2D eigenvalue weighted by Crippen LogP contribution is -2.29. The second kappa shape index (κ2) is 12.4. The molecule has 0 aliphatic rings. The number of ether oxygens (including phenoxy) is 2. The first-order chi connectivity index (χ1) is 7.81. The molecule has 2 N–H and O–H groups in total. The van der Waals surface area contributed by atoms with Gasteiger partial charge in [-0.15, -0.1) is 0 Å². The maximum Gasteiger partial charge on any atom is 0.245 e. The highest BCUT2D eigenvalue weighted by Crippen LogP contribution is 1.83. The molecule has 0 aromatic carbocycles. The highest BCUT2D eigenvalue weighted by atomic mass is 16.5. The van der Waals surface area contributed by atoms with Crippen LogP contribution in [0, 0.1) is 0 Å². The number of rotatable bonds is 11. The largest absolute Gasteiger partial charge is 0.378 e. The average Bonchev–Trinajstić information content (AvgIpc) is 2.28. The fourth-order valence-corrected chi connectivity index (χ4v) is 1.01. The van der Waals surface area contributed by atoms with E-state index in [1.165, 1.54) is 0 Å². The first-order valence-corrected chi connectivity index (χ1v) is 5.88. The number of unbranched alkanes of at least 4 members (excludes halogenated alkanes) is 1. The molecule has 1 amide bonds. The van der Waals surface area contributed by atoms with E-state index in [-0.39, 0.29) is 12.5 Å². The highest BCUT2D eigenvalue weighted by molar-refractivity contribution is 5.77. The van der Waals surface area contributed by atoms with Crippen LogP contribution in [0.2, 0.25) is 0 Å². The summed E-state index contributed by atoms with van der Waals surface area (Å²) in [5.41, 5.74) is 0. The van der Waals surface area contributed by atoms with Crippen molar-refractivity contribution in [1.82, 2.24) is 10.6 Å². The van der Waals surface area contributed by atoms with Crippen LogP contribution >= 0.6 is 0 Å². The molecular weight excluding hydrogens is 208 g/mol. The van der Waals surface area contributed by atoms with E-state index in [4.69, 9.17) is 9.47 Å². The quantitative estimate of drug-likeness (QED) is 0.498. The zero-order valence-electron chi connectivity index (χ0n) is 10.4. The second-order valence-corrected chi connectivity index (χ2v) is 3.47. The molecular formula is C11H24N2O3. The average molecular weight is 232 g/mol. The SMILES string of the molecule is CCCCNC(=O)COCCOCCNC. The number of likely N-dealkylation sites (N-methyl/N-ethyl adjacent to an activating group) is 1. The Hall–Kier alpha value is -0.650. The molecule has 0 atom stereocenters. The fraction of sp³-hybridized carbons (Fsp3) is 0.909. The Morgan fingerprint density at radius 1 is 1.12 bits per heavy atom. The molecule has 5 heteroatoms. The molecule has 0 saturated heterocycles. The fourth-order valence-electron chi connectivity index (χ4n) is 1.01. The Balaban J connectivity index is 3.09. The standard InChI is InChI=1S/C11H24N2O3/c1-3-4-5-13-11(14)10-16-9-8-15-7-6-12-2/h12H,3-10H2,1-2H3,(H,13,14). The van der Waals surface area contributed by atoms with Gasteiger partial charge in [0.1, 0.15) is 6.61 Å². The van der Waals surface area contributed by atoms with Crippen molar-refractivity contribution in [3.63, 3.8) is 0 Å². The summed E-state index contributed by atoms with van der Waals surface area (Å²) in [6.07, 6.45) is 2.10. The van der Waals surface area contributed by atoms with Crippen LogP contribution in [-0.4, -0.2) is 52.5 Å². The minimum absolute atomic E-state index is 0.0522. The van der Waals surface area contributed by atoms with Gasteiger partial charge in [-0.2, -0.15) is 0 Å². The molecule has 0 unspecified atom stereocenters. The summed E-state index contributed by atoms with van der Waals surface area (Å²) in [7, 11) is 1.88. The number of nitrogens with one attached hydrogen (secondary N) is 2. The summed E-state index contributed by atoms with van der Waals surface area (Å²) in [4.78, 5) is 11.2. The van der Waals surface area contributed by atoms with Crippen molar-refractivity contribution in [1.29, 1.82) is 0 Å². The zero-order valence-corrected chi connectivity index (χ0v) is 10.4. The summed E-state index contributed by atoms with van der Waals surface area (Å²) in [5, 5.41) is 5.76. The predicted octanol–water partition coefficient (Wildman–Crippen LogP) is 0.155. The van der Waals surface area contributed by atoms with E-state index in [9.17, 15) is 4.79 Å². The second-order valence-electron chi connectivity index (χ2n) is 3.47. The minimum Gasteiger partial charge on any atom is -0.378 e. The number of carbonyl (C=O) groups is 1. The number of hydrogen-bond acceptors (Lipinski definition) is 4. The summed E-state index contributed by atoms with van der Waals surface area (Å²) in [6, 6.07) is 0. The smallest absolute Gasteiger partial charge is 0.245 e. The minimum atomic E-state index is -0.0522. The molecule has 0 aliphatic heterocycles. The summed E-state index contributed by atoms with van der Waals surface area (Å²) < 4.78 is 10.4. The van der Waals surface area contributed by atoms with E-state index in [0.717, 1.165) is 25.9 Å². The number of carbonyl (C=O) groups excluding carboxylic acids is 1. The van der Waals surface area contributed by atoms with Gasteiger partial charge in [0, 0.05) is 13.1 Å². The van der Waals surface area contributed by atoms with Gasteiger partial charge < -0.3 is 20.1 Å². The van der Waals surface area contributed by atoms with Gasteiger partial charge in [-0.05, 0) is 13.5 Å². The molecule has 0 heterocycles. The first kappa shape index (κ1) is 15.3. The van der Waals surface area contributed by atoms with Gasteiger partial charge in [0.15, 0.2) is 0 Å². The van der Waals surface area contributed by atoms with Crippen LogP contribution in [-0.2, 0) is 14.3 Å². The topological polar surface area (TPSA) is 59.6 Å². The van der Waals surface area contributed by atoms with Crippen LogP contribution < -0.4 is 10.6 Å². The molecule has 0 aromatic rings. The van der Waals surface area contributed by atoms with Crippen molar-refractivity contribution in [3.8, 4) is 0 Å². The normalized spacial score (nSPS) is 10.4. The van der Waals surface area contributed by atoms with Crippen LogP contribution in [0.25, 0.3) is 0 Å². The Kier molecular flexibility index (Phi) is 11.9. The summed E-state index contributed by atoms with van der Waals surface area (Å²) >= 11 is 0. The molecule has 0 bridgehead atoms. The Morgan fingerprint density at radius 2 is 1.88 bits per heavy atom. The van der Waals surface area contributed by atoms with Gasteiger partial charge in [-0.1, -0.05) is 13.3 Å². The molecule has 0 rings (SSSR count). The Bertz CT molecular complexity index is 165. The van der Waals surface area contributed by atoms with E-state index >= 15 is 0 Å². The Labute approximate surface area is 97.9 Å². The van der Waals surface area contributed by atoms with Crippen LogP contribution in [0.4, 0.5) is 0 Å². The lowest BCUT2D eigenvalue weighted by Gasteiger charge is -2.06. The molecule has 16 heavy (non-hydrogen) atoms. The molecule has 0 aromatic heterocycles. The van der Waals surface area contributed by atoms with Crippen molar-refractivity contribution in [2.75, 3.05) is 46.6 Å². The van der Waals surface area contributed by atoms with Gasteiger partial charge in [0.2, 0.25) is 5.91 Å². The predicted molar refractivity (Wildman–Crippen MR) is 63.5 cm³/mol. The summed E-state index contributed by atoms with van der Waals surface area (Å²) in [6.45, 7) is 5.44. The molecule has 0 saturated carbocycles. The molecule has 0 spiro atoms. The summed E-state index contributed by atoms with van der Waals surface area (Å²) in [5.74, 6) is -0.0522. The van der Waals surface area contributed by atoms with Crippen molar-refractivity contribution in [3.05, 3.63) is 0 Å². The van der Waals surface area contributed by atoms with E-state index in [1.807, 2.05) is 7.05 Å². The van der Waals surface area contributed by atoms with E-state index in [2.05, 4.69) is 17.6 Å².